The molecule has 0 radical (unpaired) electrons. The fraction of sp³-hybridized carbons (Fsp3) is 0.350. The number of aryl methyl sites for hydroxylation is 1. The van der Waals surface area contributed by atoms with Crippen LogP contribution in [0.1, 0.15) is 18.9 Å². The third kappa shape index (κ3) is 7.16. The quantitative estimate of drug-likeness (QED) is 0.672. The van der Waals surface area contributed by atoms with Gasteiger partial charge in [-0.25, -0.2) is 0 Å². The minimum atomic E-state index is -0.0533. The molecule has 0 fully saturated rings. The van der Waals surface area contributed by atoms with Crippen molar-refractivity contribution in [2.45, 2.75) is 20.3 Å². The SMILES string of the molecule is CCOc1ccc(OCCNC(=O)CCOc2ccc(C)cc2)cc1. The predicted molar refractivity (Wildman–Crippen MR) is 97.4 cm³/mol. The van der Waals surface area contributed by atoms with Crippen LogP contribution in [0.2, 0.25) is 0 Å². The highest BCUT2D eigenvalue weighted by Gasteiger charge is 2.02. The van der Waals surface area contributed by atoms with Crippen molar-refractivity contribution < 1.29 is 19.0 Å². The molecule has 0 saturated heterocycles. The summed E-state index contributed by atoms with van der Waals surface area (Å²) >= 11 is 0. The largest absolute Gasteiger partial charge is 0.494 e. The molecule has 0 aromatic heterocycles. The Hall–Kier alpha value is -2.69. The first kappa shape index (κ1) is 18.6. The molecule has 0 bridgehead atoms. The molecule has 0 aliphatic carbocycles. The molecule has 5 nitrogen and oxygen atoms in total. The number of carbonyl (C=O) groups excluding carboxylic acids is 1. The van der Waals surface area contributed by atoms with E-state index in [9.17, 15) is 4.79 Å². The topological polar surface area (TPSA) is 56.8 Å². The molecule has 25 heavy (non-hydrogen) atoms. The van der Waals surface area contributed by atoms with E-state index in [1.165, 1.54) is 5.56 Å². The monoisotopic (exact) mass is 343 g/mol. The van der Waals surface area contributed by atoms with Crippen LogP contribution in [-0.4, -0.2) is 32.3 Å². The van der Waals surface area contributed by atoms with Crippen LogP contribution < -0.4 is 19.5 Å². The molecule has 134 valence electrons. The summed E-state index contributed by atoms with van der Waals surface area (Å²) in [6, 6.07) is 15.2. The highest BCUT2D eigenvalue weighted by molar-refractivity contribution is 5.75. The van der Waals surface area contributed by atoms with E-state index in [0.717, 1.165) is 17.2 Å². The summed E-state index contributed by atoms with van der Waals surface area (Å²) in [6.45, 7) is 5.83. The zero-order valence-electron chi connectivity index (χ0n) is 14.8. The summed E-state index contributed by atoms with van der Waals surface area (Å²) in [6.07, 6.45) is 0.316. The van der Waals surface area contributed by atoms with Gasteiger partial charge in [-0.3, -0.25) is 4.79 Å². The summed E-state index contributed by atoms with van der Waals surface area (Å²) in [5, 5.41) is 2.81. The van der Waals surface area contributed by atoms with E-state index in [4.69, 9.17) is 14.2 Å². The van der Waals surface area contributed by atoms with Gasteiger partial charge < -0.3 is 19.5 Å². The van der Waals surface area contributed by atoms with E-state index in [0.29, 0.717) is 32.8 Å². The first-order chi connectivity index (χ1) is 12.2. The van der Waals surface area contributed by atoms with Crippen LogP contribution in [0.3, 0.4) is 0 Å². The van der Waals surface area contributed by atoms with Gasteiger partial charge in [0.25, 0.3) is 0 Å². The van der Waals surface area contributed by atoms with Crippen LogP contribution in [-0.2, 0) is 4.79 Å². The Morgan fingerprint density at radius 3 is 1.96 bits per heavy atom. The van der Waals surface area contributed by atoms with Crippen molar-refractivity contribution in [3.8, 4) is 17.2 Å². The molecule has 0 aliphatic rings. The van der Waals surface area contributed by atoms with Crippen molar-refractivity contribution in [1.29, 1.82) is 0 Å². The van der Waals surface area contributed by atoms with Crippen molar-refractivity contribution >= 4 is 5.91 Å². The number of hydrogen-bond donors (Lipinski definition) is 1. The molecular formula is C20H25NO4. The van der Waals surface area contributed by atoms with E-state index in [-0.39, 0.29) is 5.91 Å². The minimum absolute atomic E-state index is 0.0533. The van der Waals surface area contributed by atoms with Gasteiger partial charge >= 0.3 is 0 Å². The van der Waals surface area contributed by atoms with Gasteiger partial charge in [-0.1, -0.05) is 17.7 Å². The number of amides is 1. The Bertz CT molecular complexity index is 638. The molecule has 0 aliphatic heterocycles. The standard InChI is InChI=1S/C20H25NO4/c1-3-23-17-8-10-19(11-9-17)25-15-13-21-20(22)12-14-24-18-6-4-16(2)5-7-18/h4-11H,3,12-15H2,1-2H3,(H,21,22). The van der Waals surface area contributed by atoms with Gasteiger partial charge in [-0.15, -0.1) is 0 Å². The molecule has 2 rings (SSSR count). The maximum atomic E-state index is 11.8. The van der Waals surface area contributed by atoms with Gasteiger partial charge in [0.05, 0.1) is 26.2 Å². The van der Waals surface area contributed by atoms with Crippen molar-refractivity contribution in [2.75, 3.05) is 26.4 Å². The van der Waals surface area contributed by atoms with Crippen molar-refractivity contribution in [1.82, 2.24) is 5.32 Å². The number of ether oxygens (including phenoxy) is 3. The van der Waals surface area contributed by atoms with Crippen LogP contribution in [0.25, 0.3) is 0 Å². The lowest BCUT2D eigenvalue weighted by Crippen LogP contribution is -2.29. The first-order valence-corrected chi connectivity index (χ1v) is 8.49. The second-order valence-electron chi connectivity index (χ2n) is 5.51. The maximum Gasteiger partial charge on any atom is 0.223 e. The molecule has 1 amide bonds. The highest BCUT2D eigenvalue weighted by atomic mass is 16.5. The second-order valence-corrected chi connectivity index (χ2v) is 5.51. The summed E-state index contributed by atoms with van der Waals surface area (Å²) in [4.78, 5) is 11.8. The molecule has 2 aromatic carbocycles. The maximum absolute atomic E-state index is 11.8. The van der Waals surface area contributed by atoms with E-state index >= 15 is 0 Å². The Kier molecular flexibility index (Phi) is 7.63. The van der Waals surface area contributed by atoms with Crippen LogP contribution in [0.4, 0.5) is 0 Å². The summed E-state index contributed by atoms with van der Waals surface area (Å²) < 4.78 is 16.5. The number of carbonyl (C=O) groups is 1. The average molecular weight is 343 g/mol. The molecular weight excluding hydrogens is 318 g/mol. The van der Waals surface area contributed by atoms with Crippen molar-refractivity contribution in [3.63, 3.8) is 0 Å². The molecule has 2 aromatic rings. The summed E-state index contributed by atoms with van der Waals surface area (Å²) in [5.41, 5.74) is 1.18. The molecule has 5 heteroatoms. The van der Waals surface area contributed by atoms with E-state index in [1.54, 1.807) is 0 Å². The summed E-state index contributed by atoms with van der Waals surface area (Å²) in [5.74, 6) is 2.29. The average Bonchev–Trinajstić information content (AvgIpc) is 2.62. The van der Waals surface area contributed by atoms with Crippen LogP contribution in [0.15, 0.2) is 48.5 Å². The number of rotatable bonds is 10. The number of nitrogens with one attached hydrogen (secondary N) is 1. The number of benzene rings is 2. The van der Waals surface area contributed by atoms with E-state index in [1.807, 2.05) is 62.4 Å². The van der Waals surface area contributed by atoms with E-state index < -0.39 is 0 Å². The number of hydrogen-bond acceptors (Lipinski definition) is 4. The lowest BCUT2D eigenvalue weighted by Gasteiger charge is -2.09. The van der Waals surface area contributed by atoms with Gasteiger partial charge in [-0.05, 0) is 50.2 Å². The van der Waals surface area contributed by atoms with Crippen molar-refractivity contribution in [2.24, 2.45) is 0 Å². The smallest absolute Gasteiger partial charge is 0.223 e. The Morgan fingerprint density at radius 1 is 0.840 bits per heavy atom. The minimum Gasteiger partial charge on any atom is -0.494 e. The normalized spacial score (nSPS) is 10.2. The second kappa shape index (κ2) is 10.2. The molecule has 1 N–H and O–H groups in total. The fourth-order valence-electron chi connectivity index (χ4n) is 2.14. The molecule has 0 spiro atoms. The molecule has 0 saturated carbocycles. The lowest BCUT2D eigenvalue weighted by atomic mass is 10.2. The Labute approximate surface area is 148 Å². The predicted octanol–water partition coefficient (Wildman–Crippen LogP) is 3.36. The van der Waals surface area contributed by atoms with Gasteiger partial charge in [-0.2, -0.15) is 0 Å². The first-order valence-electron chi connectivity index (χ1n) is 8.49. The Balaban J connectivity index is 1.56. The zero-order valence-corrected chi connectivity index (χ0v) is 14.8. The highest BCUT2D eigenvalue weighted by Crippen LogP contribution is 2.17. The summed E-state index contributed by atoms with van der Waals surface area (Å²) in [7, 11) is 0. The van der Waals surface area contributed by atoms with Gasteiger partial charge in [0.2, 0.25) is 5.91 Å². The van der Waals surface area contributed by atoms with Crippen LogP contribution in [0.5, 0.6) is 17.2 Å². The van der Waals surface area contributed by atoms with Gasteiger partial charge in [0.15, 0.2) is 0 Å². The van der Waals surface area contributed by atoms with E-state index in [2.05, 4.69) is 5.32 Å². The van der Waals surface area contributed by atoms with Crippen molar-refractivity contribution in [3.05, 3.63) is 54.1 Å². The van der Waals surface area contributed by atoms with Gasteiger partial charge in [0.1, 0.15) is 23.9 Å². The van der Waals surface area contributed by atoms with Crippen LogP contribution in [0, 0.1) is 6.92 Å². The molecule has 0 heterocycles. The molecule has 0 atom stereocenters. The van der Waals surface area contributed by atoms with Crippen LogP contribution >= 0.6 is 0 Å². The zero-order chi connectivity index (χ0) is 17.9. The fourth-order valence-corrected chi connectivity index (χ4v) is 2.14. The third-order valence-electron chi connectivity index (χ3n) is 3.45. The van der Waals surface area contributed by atoms with Gasteiger partial charge in [0, 0.05) is 0 Å². The molecule has 0 unspecified atom stereocenters. The Morgan fingerprint density at radius 2 is 1.36 bits per heavy atom. The lowest BCUT2D eigenvalue weighted by molar-refractivity contribution is -0.121. The third-order valence-corrected chi connectivity index (χ3v) is 3.45.